The second kappa shape index (κ2) is 8.50. The topological polar surface area (TPSA) is 61.3 Å². The number of hydrogen-bond donors (Lipinski definition) is 0. The molecule has 5 heteroatoms. The number of rotatable bonds is 6. The van der Waals surface area contributed by atoms with Crippen LogP contribution in [0.1, 0.15) is 81.3 Å². The van der Waals surface area contributed by atoms with Crippen molar-refractivity contribution in [1.82, 2.24) is 9.97 Å². The van der Waals surface area contributed by atoms with Gasteiger partial charge in [0.15, 0.2) is 0 Å². The van der Waals surface area contributed by atoms with E-state index < -0.39 is 0 Å². The molecule has 28 heavy (non-hydrogen) atoms. The molecule has 0 fully saturated rings. The number of ketones is 1. The zero-order valence-electron chi connectivity index (χ0n) is 18.2. The Morgan fingerprint density at radius 1 is 0.750 bits per heavy atom. The maximum atomic E-state index is 13.1. The molecule has 2 aromatic heterocycles. The minimum Gasteiger partial charge on any atom is -0.375 e. The van der Waals surface area contributed by atoms with Crippen LogP contribution < -0.4 is 0 Å². The van der Waals surface area contributed by atoms with E-state index in [1.54, 1.807) is 26.4 Å². The average molecular weight is 385 g/mol. The zero-order valence-corrected chi connectivity index (χ0v) is 18.2. The molecule has 2 rings (SSSR count). The summed E-state index contributed by atoms with van der Waals surface area (Å²) in [6.07, 6.45) is -0.420. The molecule has 0 aliphatic heterocycles. The van der Waals surface area contributed by atoms with Crippen molar-refractivity contribution in [3.05, 3.63) is 59.2 Å². The Morgan fingerprint density at radius 3 is 1.39 bits per heavy atom. The fraction of sp³-hybridized carbons (Fsp3) is 0.522. The van der Waals surface area contributed by atoms with Gasteiger partial charge in [-0.15, -0.1) is 0 Å². The Hall–Kier alpha value is -2.11. The smallest absolute Gasteiger partial charge is 0.229 e. The van der Waals surface area contributed by atoms with Gasteiger partial charge in [-0.3, -0.25) is 4.79 Å². The zero-order chi connectivity index (χ0) is 21.1. The minimum atomic E-state index is -0.212. The summed E-state index contributed by atoms with van der Waals surface area (Å²) < 4.78 is 11.3. The molecular weight excluding hydrogens is 352 g/mol. The van der Waals surface area contributed by atoms with Crippen LogP contribution in [-0.4, -0.2) is 30.0 Å². The standard InChI is InChI=1S/C23H32N2O3/c1-22(2,3)20(27-7)17-13-9-11-15(24-17)19(26)16-12-10-14-18(25-16)21(28-8)23(4,5)6/h9-14,20-21H,1-8H3/t20-,21-/m0/s1. The van der Waals surface area contributed by atoms with Crippen molar-refractivity contribution >= 4 is 5.78 Å². The monoisotopic (exact) mass is 384 g/mol. The van der Waals surface area contributed by atoms with E-state index in [1.165, 1.54) is 0 Å². The summed E-state index contributed by atoms with van der Waals surface area (Å²) in [5, 5.41) is 0. The van der Waals surface area contributed by atoms with Crippen molar-refractivity contribution in [1.29, 1.82) is 0 Å². The van der Waals surface area contributed by atoms with Crippen LogP contribution in [0.5, 0.6) is 0 Å². The number of ether oxygens (including phenoxy) is 2. The highest BCUT2D eigenvalue weighted by Crippen LogP contribution is 2.35. The van der Waals surface area contributed by atoms with Crippen LogP contribution in [0.4, 0.5) is 0 Å². The van der Waals surface area contributed by atoms with E-state index in [0.717, 1.165) is 11.4 Å². The highest BCUT2D eigenvalue weighted by Gasteiger charge is 2.29. The Balaban J connectivity index is 2.40. The molecule has 5 nitrogen and oxygen atoms in total. The molecule has 2 atom stereocenters. The third-order valence-corrected chi connectivity index (χ3v) is 4.59. The van der Waals surface area contributed by atoms with Crippen LogP contribution >= 0.6 is 0 Å². The number of methoxy groups -OCH3 is 2. The van der Waals surface area contributed by atoms with E-state index in [9.17, 15) is 4.79 Å². The Bertz CT molecular complexity index is 752. The van der Waals surface area contributed by atoms with Gasteiger partial charge >= 0.3 is 0 Å². The number of nitrogens with zero attached hydrogens (tertiary/aromatic N) is 2. The van der Waals surface area contributed by atoms with Crippen LogP contribution in [0, 0.1) is 10.8 Å². The summed E-state index contributed by atoms with van der Waals surface area (Å²) in [7, 11) is 3.32. The third-order valence-electron chi connectivity index (χ3n) is 4.59. The van der Waals surface area contributed by atoms with Crippen molar-refractivity contribution in [2.45, 2.75) is 53.8 Å². The van der Waals surface area contributed by atoms with E-state index in [-0.39, 0.29) is 28.8 Å². The molecule has 0 spiro atoms. The van der Waals surface area contributed by atoms with Gasteiger partial charge in [-0.1, -0.05) is 53.7 Å². The van der Waals surface area contributed by atoms with Crippen LogP contribution in [0.2, 0.25) is 0 Å². The van der Waals surface area contributed by atoms with E-state index in [2.05, 4.69) is 51.5 Å². The van der Waals surface area contributed by atoms with Gasteiger partial charge < -0.3 is 9.47 Å². The van der Waals surface area contributed by atoms with Crippen LogP contribution in [0.15, 0.2) is 36.4 Å². The highest BCUT2D eigenvalue weighted by molar-refractivity contribution is 6.06. The van der Waals surface area contributed by atoms with E-state index >= 15 is 0 Å². The first-order chi connectivity index (χ1) is 13.0. The molecule has 0 saturated carbocycles. The second-order valence-electron chi connectivity index (χ2n) is 9.19. The van der Waals surface area contributed by atoms with E-state index in [0.29, 0.717) is 11.4 Å². The molecule has 0 amide bonds. The predicted molar refractivity (Wildman–Crippen MR) is 110 cm³/mol. The Labute approximate surface area is 168 Å². The van der Waals surface area contributed by atoms with Crippen LogP contribution in [0.25, 0.3) is 0 Å². The first-order valence-corrected chi connectivity index (χ1v) is 9.53. The molecule has 0 aromatic carbocycles. The number of carbonyl (C=O) groups is 1. The maximum Gasteiger partial charge on any atom is 0.229 e. The van der Waals surface area contributed by atoms with Crippen molar-refractivity contribution in [3.63, 3.8) is 0 Å². The molecular formula is C23H32N2O3. The SMILES string of the molecule is CO[C@@H](c1cccc(C(=O)c2cccc([C@H](OC)C(C)(C)C)n2)n1)C(C)(C)C. The lowest BCUT2D eigenvalue weighted by Crippen LogP contribution is -2.23. The molecule has 0 N–H and O–H groups in total. The quantitative estimate of drug-likeness (QED) is 0.643. The van der Waals surface area contributed by atoms with Gasteiger partial charge in [0.25, 0.3) is 0 Å². The predicted octanol–water partition coefficient (Wildman–Crippen LogP) is 5.17. The van der Waals surface area contributed by atoms with Gasteiger partial charge in [0, 0.05) is 14.2 Å². The van der Waals surface area contributed by atoms with E-state index in [1.807, 2.05) is 24.3 Å². The lowest BCUT2D eigenvalue weighted by molar-refractivity contribution is 0.0118. The van der Waals surface area contributed by atoms with Gasteiger partial charge in [-0.25, -0.2) is 9.97 Å². The summed E-state index contributed by atoms with van der Waals surface area (Å²) >= 11 is 0. The lowest BCUT2D eigenvalue weighted by atomic mass is 9.86. The van der Waals surface area contributed by atoms with Gasteiger partial charge in [-0.2, -0.15) is 0 Å². The van der Waals surface area contributed by atoms with Crippen molar-refractivity contribution < 1.29 is 14.3 Å². The summed E-state index contributed by atoms with van der Waals surface area (Å²) in [5.74, 6) is -0.212. The van der Waals surface area contributed by atoms with Gasteiger partial charge in [0.05, 0.1) is 11.4 Å². The Kier molecular flexibility index (Phi) is 6.73. The molecule has 2 heterocycles. The van der Waals surface area contributed by atoms with Gasteiger partial charge in [-0.05, 0) is 35.1 Å². The van der Waals surface area contributed by atoms with Crippen molar-refractivity contribution in [2.24, 2.45) is 10.8 Å². The van der Waals surface area contributed by atoms with Crippen LogP contribution in [0.3, 0.4) is 0 Å². The third kappa shape index (κ3) is 5.03. The molecule has 0 aliphatic rings. The molecule has 0 aliphatic carbocycles. The summed E-state index contributed by atoms with van der Waals surface area (Å²) in [6, 6.07) is 10.9. The van der Waals surface area contributed by atoms with Crippen molar-refractivity contribution in [2.75, 3.05) is 14.2 Å². The number of hydrogen-bond acceptors (Lipinski definition) is 5. The largest absolute Gasteiger partial charge is 0.375 e. The molecule has 0 bridgehead atoms. The van der Waals surface area contributed by atoms with Crippen LogP contribution in [-0.2, 0) is 9.47 Å². The summed E-state index contributed by atoms with van der Waals surface area (Å²) in [4.78, 5) is 22.2. The number of aromatic nitrogens is 2. The molecule has 0 saturated heterocycles. The second-order valence-corrected chi connectivity index (χ2v) is 9.19. The van der Waals surface area contributed by atoms with Gasteiger partial charge in [0.2, 0.25) is 5.78 Å². The fourth-order valence-corrected chi connectivity index (χ4v) is 3.42. The van der Waals surface area contributed by atoms with Gasteiger partial charge in [0.1, 0.15) is 23.6 Å². The summed E-state index contributed by atoms with van der Waals surface area (Å²) in [5.41, 5.74) is 1.92. The highest BCUT2D eigenvalue weighted by atomic mass is 16.5. The maximum absolute atomic E-state index is 13.1. The molecule has 0 radical (unpaired) electrons. The molecule has 152 valence electrons. The fourth-order valence-electron chi connectivity index (χ4n) is 3.42. The summed E-state index contributed by atoms with van der Waals surface area (Å²) in [6.45, 7) is 12.5. The van der Waals surface area contributed by atoms with E-state index in [4.69, 9.17) is 9.47 Å². The number of pyridine rings is 2. The first-order valence-electron chi connectivity index (χ1n) is 9.53. The van der Waals surface area contributed by atoms with Crippen molar-refractivity contribution in [3.8, 4) is 0 Å². The Morgan fingerprint density at radius 2 is 1.11 bits per heavy atom. The molecule has 2 aromatic rings. The average Bonchev–Trinajstić information content (AvgIpc) is 2.60. The molecule has 0 unspecified atom stereocenters. The lowest BCUT2D eigenvalue weighted by Gasteiger charge is -2.29. The minimum absolute atomic E-state index is 0.139. The normalized spacial score (nSPS) is 14.6. The first kappa shape index (κ1) is 22.2. The number of carbonyl (C=O) groups excluding carboxylic acids is 1.